The van der Waals surface area contributed by atoms with Crippen LogP contribution in [-0.4, -0.2) is 26.3 Å². The number of nitrogens with one attached hydrogen (secondary N) is 1. The van der Waals surface area contributed by atoms with Gasteiger partial charge in [0.2, 0.25) is 0 Å². The Kier molecular flexibility index (Phi) is 3.66. The van der Waals surface area contributed by atoms with Crippen LogP contribution in [0.4, 0.5) is 0 Å². The predicted molar refractivity (Wildman–Crippen MR) is 83.5 cm³/mol. The van der Waals surface area contributed by atoms with Crippen molar-refractivity contribution >= 4 is 11.0 Å². The third kappa shape index (κ3) is 2.64. The number of aryl methyl sites for hydroxylation is 2. The zero-order valence-corrected chi connectivity index (χ0v) is 12.6. The fourth-order valence-electron chi connectivity index (χ4n) is 2.28. The lowest BCUT2D eigenvalue weighted by Gasteiger charge is -2.06. The standard InChI is InChI=1S/C16H19N5/c1-4-17-9-13-5-6-16(20-19-13)21-10-18-14-7-11(2)12(3)8-15(14)21/h5-8,10,17H,4,9H2,1-3H3. The van der Waals surface area contributed by atoms with Gasteiger partial charge in [0.15, 0.2) is 5.82 Å². The number of hydrogen-bond donors (Lipinski definition) is 1. The molecule has 2 heterocycles. The van der Waals surface area contributed by atoms with Gasteiger partial charge in [0, 0.05) is 6.54 Å². The van der Waals surface area contributed by atoms with Crippen molar-refractivity contribution in [2.24, 2.45) is 0 Å². The van der Waals surface area contributed by atoms with E-state index in [1.165, 1.54) is 11.1 Å². The molecular weight excluding hydrogens is 262 g/mol. The van der Waals surface area contributed by atoms with E-state index in [9.17, 15) is 0 Å². The number of imidazole rings is 1. The van der Waals surface area contributed by atoms with Crippen LogP contribution < -0.4 is 5.32 Å². The van der Waals surface area contributed by atoms with Crippen molar-refractivity contribution in [1.29, 1.82) is 0 Å². The van der Waals surface area contributed by atoms with Gasteiger partial charge in [-0.3, -0.25) is 4.57 Å². The molecule has 0 unspecified atom stereocenters. The Labute approximate surface area is 124 Å². The highest BCUT2D eigenvalue weighted by Crippen LogP contribution is 2.20. The van der Waals surface area contributed by atoms with Gasteiger partial charge in [-0.15, -0.1) is 5.10 Å². The molecule has 0 aliphatic carbocycles. The minimum atomic E-state index is 0.743. The Hall–Kier alpha value is -2.27. The Morgan fingerprint density at radius 3 is 2.62 bits per heavy atom. The van der Waals surface area contributed by atoms with E-state index in [1.54, 1.807) is 6.33 Å². The summed E-state index contributed by atoms with van der Waals surface area (Å²) in [5, 5.41) is 11.8. The van der Waals surface area contributed by atoms with Gasteiger partial charge < -0.3 is 5.32 Å². The van der Waals surface area contributed by atoms with Crippen molar-refractivity contribution in [3.63, 3.8) is 0 Å². The van der Waals surface area contributed by atoms with E-state index in [0.717, 1.165) is 35.6 Å². The molecule has 0 atom stereocenters. The molecule has 0 aliphatic heterocycles. The van der Waals surface area contributed by atoms with E-state index < -0.39 is 0 Å². The zero-order valence-electron chi connectivity index (χ0n) is 12.6. The van der Waals surface area contributed by atoms with Gasteiger partial charge in [0.1, 0.15) is 6.33 Å². The van der Waals surface area contributed by atoms with Crippen LogP contribution in [0.3, 0.4) is 0 Å². The van der Waals surface area contributed by atoms with Gasteiger partial charge in [-0.2, -0.15) is 5.10 Å². The second-order valence-electron chi connectivity index (χ2n) is 5.20. The average Bonchev–Trinajstić information content (AvgIpc) is 2.89. The third-order valence-corrected chi connectivity index (χ3v) is 3.67. The lowest BCUT2D eigenvalue weighted by Crippen LogP contribution is -2.13. The number of rotatable bonds is 4. The molecule has 108 valence electrons. The molecule has 0 radical (unpaired) electrons. The van der Waals surface area contributed by atoms with Crippen molar-refractivity contribution in [2.45, 2.75) is 27.3 Å². The van der Waals surface area contributed by atoms with Gasteiger partial charge in [0.05, 0.1) is 16.7 Å². The third-order valence-electron chi connectivity index (χ3n) is 3.67. The predicted octanol–water partition coefficient (Wildman–Crippen LogP) is 2.54. The van der Waals surface area contributed by atoms with Crippen LogP contribution in [0.1, 0.15) is 23.7 Å². The van der Waals surface area contributed by atoms with Gasteiger partial charge >= 0.3 is 0 Å². The summed E-state index contributed by atoms with van der Waals surface area (Å²) in [6.45, 7) is 7.95. The van der Waals surface area contributed by atoms with Crippen LogP contribution in [-0.2, 0) is 6.54 Å². The van der Waals surface area contributed by atoms with Crippen molar-refractivity contribution in [2.75, 3.05) is 6.54 Å². The molecule has 0 aliphatic rings. The number of benzene rings is 1. The van der Waals surface area contributed by atoms with Crippen LogP contribution in [0.15, 0.2) is 30.6 Å². The minimum absolute atomic E-state index is 0.743. The first kappa shape index (κ1) is 13.7. The highest BCUT2D eigenvalue weighted by molar-refractivity contribution is 5.78. The molecule has 0 saturated heterocycles. The molecule has 0 saturated carbocycles. The van der Waals surface area contributed by atoms with Crippen molar-refractivity contribution in [3.05, 3.63) is 47.4 Å². The number of fused-ring (bicyclic) bond motifs is 1. The van der Waals surface area contributed by atoms with Crippen LogP contribution >= 0.6 is 0 Å². The Balaban J connectivity index is 1.98. The molecule has 0 amide bonds. The average molecular weight is 281 g/mol. The summed E-state index contributed by atoms with van der Waals surface area (Å²) in [6, 6.07) is 8.23. The number of nitrogens with zero attached hydrogens (tertiary/aromatic N) is 4. The largest absolute Gasteiger partial charge is 0.311 e. The first-order valence-corrected chi connectivity index (χ1v) is 7.17. The molecule has 3 aromatic rings. The molecule has 0 bridgehead atoms. The monoisotopic (exact) mass is 281 g/mol. The van der Waals surface area contributed by atoms with Crippen molar-refractivity contribution < 1.29 is 0 Å². The second kappa shape index (κ2) is 5.61. The van der Waals surface area contributed by atoms with Crippen LogP contribution in [0.5, 0.6) is 0 Å². The summed E-state index contributed by atoms with van der Waals surface area (Å²) in [4.78, 5) is 4.45. The zero-order chi connectivity index (χ0) is 14.8. The molecule has 3 rings (SSSR count). The molecule has 1 N–H and O–H groups in total. The van der Waals surface area contributed by atoms with E-state index in [4.69, 9.17) is 0 Å². The van der Waals surface area contributed by atoms with Gasteiger partial charge in [-0.1, -0.05) is 6.92 Å². The van der Waals surface area contributed by atoms with Gasteiger partial charge in [0.25, 0.3) is 0 Å². The summed E-state index contributed by atoms with van der Waals surface area (Å²) >= 11 is 0. The fraction of sp³-hybridized carbons (Fsp3) is 0.312. The van der Waals surface area contributed by atoms with E-state index >= 15 is 0 Å². The molecule has 21 heavy (non-hydrogen) atoms. The maximum absolute atomic E-state index is 4.45. The topological polar surface area (TPSA) is 55.6 Å². The van der Waals surface area contributed by atoms with Gasteiger partial charge in [-0.25, -0.2) is 4.98 Å². The first-order chi connectivity index (χ1) is 10.2. The molecule has 1 aromatic carbocycles. The van der Waals surface area contributed by atoms with Crippen molar-refractivity contribution in [1.82, 2.24) is 25.1 Å². The number of aromatic nitrogens is 4. The molecular formula is C16H19N5. The summed E-state index contributed by atoms with van der Waals surface area (Å²) < 4.78 is 1.98. The summed E-state index contributed by atoms with van der Waals surface area (Å²) in [5.74, 6) is 0.793. The normalized spacial score (nSPS) is 11.2. The Bertz CT molecular complexity index is 758. The maximum atomic E-state index is 4.45. The summed E-state index contributed by atoms with van der Waals surface area (Å²) in [5.41, 5.74) is 5.49. The fourth-order valence-corrected chi connectivity index (χ4v) is 2.28. The minimum Gasteiger partial charge on any atom is -0.311 e. The highest BCUT2D eigenvalue weighted by Gasteiger charge is 2.08. The van der Waals surface area contributed by atoms with E-state index in [-0.39, 0.29) is 0 Å². The second-order valence-corrected chi connectivity index (χ2v) is 5.20. The molecule has 5 heteroatoms. The first-order valence-electron chi connectivity index (χ1n) is 7.17. The maximum Gasteiger partial charge on any atom is 0.161 e. The van der Waals surface area contributed by atoms with Crippen LogP contribution in [0.25, 0.3) is 16.9 Å². The summed E-state index contributed by atoms with van der Waals surface area (Å²) in [7, 11) is 0. The summed E-state index contributed by atoms with van der Waals surface area (Å²) in [6.07, 6.45) is 1.80. The SMILES string of the molecule is CCNCc1ccc(-n2cnc3cc(C)c(C)cc32)nn1. The number of hydrogen-bond acceptors (Lipinski definition) is 4. The smallest absolute Gasteiger partial charge is 0.161 e. The molecule has 0 spiro atoms. The van der Waals surface area contributed by atoms with Crippen LogP contribution in [0.2, 0.25) is 0 Å². The van der Waals surface area contributed by atoms with Crippen LogP contribution in [0, 0.1) is 13.8 Å². The molecule has 0 fully saturated rings. The lowest BCUT2D eigenvalue weighted by atomic mass is 10.1. The van der Waals surface area contributed by atoms with E-state index in [0.29, 0.717) is 0 Å². The molecule has 2 aromatic heterocycles. The lowest BCUT2D eigenvalue weighted by molar-refractivity contribution is 0.696. The highest BCUT2D eigenvalue weighted by atomic mass is 15.2. The quantitative estimate of drug-likeness (QED) is 0.798. The van der Waals surface area contributed by atoms with E-state index in [1.807, 2.05) is 16.7 Å². The molecule has 5 nitrogen and oxygen atoms in total. The Morgan fingerprint density at radius 2 is 1.90 bits per heavy atom. The Morgan fingerprint density at radius 1 is 1.10 bits per heavy atom. The van der Waals surface area contributed by atoms with E-state index in [2.05, 4.69) is 53.4 Å². The van der Waals surface area contributed by atoms with Gasteiger partial charge in [-0.05, 0) is 55.8 Å². The van der Waals surface area contributed by atoms with Crippen molar-refractivity contribution in [3.8, 4) is 5.82 Å².